The van der Waals surface area contributed by atoms with Crippen LogP contribution in [0.4, 0.5) is 0 Å². The van der Waals surface area contributed by atoms with Crippen molar-refractivity contribution in [2.24, 2.45) is 5.73 Å². The molecule has 3 nitrogen and oxygen atoms in total. The molecule has 1 saturated heterocycles. The van der Waals surface area contributed by atoms with E-state index < -0.39 is 0 Å². The zero-order chi connectivity index (χ0) is 9.14. The summed E-state index contributed by atoms with van der Waals surface area (Å²) < 4.78 is 0. The molecule has 2 unspecified atom stereocenters. The standard InChI is InChI=1S/C9H19N3/c1-4-8(10)9-7-11(2)5-6-12(9)3/h4,8-9H,1,5-7,10H2,2-3H3. The van der Waals surface area contributed by atoms with E-state index in [1.807, 2.05) is 6.08 Å². The molecular formula is C9H19N3. The lowest BCUT2D eigenvalue weighted by atomic mass is 10.1. The van der Waals surface area contributed by atoms with E-state index in [1.54, 1.807) is 0 Å². The highest BCUT2D eigenvalue weighted by molar-refractivity contribution is 4.96. The molecule has 1 rings (SSSR count). The molecule has 0 aromatic carbocycles. The molecule has 1 aliphatic rings. The Morgan fingerprint density at radius 2 is 2.17 bits per heavy atom. The van der Waals surface area contributed by atoms with E-state index in [9.17, 15) is 0 Å². The molecule has 0 aromatic rings. The molecule has 0 amide bonds. The second-order valence-electron chi connectivity index (χ2n) is 3.62. The highest BCUT2D eigenvalue weighted by Gasteiger charge is 2.25. The lowest BCUT2D eigenvalue weighted by Crippen LogP contribution is -2.56. The molecule has 1 fully saturated rings. The monoisotopic (exact) mass is 169 g/mol. The Morgan fingerprint density at radius 3 is 2.75 bits per heavy atom. The Kier molecular flexibility index (Phi) is 3.26. The average Bonchev–Trinajstić information content (AvgIpc) is 2.08. The van der Waals surface area contributed by atoms with E-state index in [0.29, 0.717) is 6.04 Å². The minimum Gasteiger partial charge on any atom is -0.323 e. The SMILES string of the molecule is C=CC(N)C1CN(C)CCN1C. The number of hydrogen-bond acceptors (Lipinski definition) is 3. The van der Waals surface area contributed by atoms with Crippen molar-refractivity contribution in [3.8, 4) is 0 Å². The summed E-state index contributed by atoms with van der Waals surface area (Å²) in [6.07, 6.45) is 1.83. The zero-order valence-corrected chi connectivity index (χ0v) is 8.03. The molecule has 1 heterocycles. The summed E-state index contributed by atoms with van der Waals surface area (Å²) in [6, 6.07) is 0.527. The second-order valence-corrected chi connectivity index (χ2v) is 3.62. The van der Waals surface area contributed by atoms with Crippen LogP contribution < -0.4 is 5.73 Å². The summed E-state index contributed by atoms with van der Waals surface area (Å²) in [7, 11) is 4.26. The maximum absolute atomic E-state index is 5.91. The second kappa shape index (κ2) is 4.03. The van der Waals surface area contributed by atoms with Crippen molar-refractivity contribution in [2.75, 3.05) is 33.7 Å². The molecule has 70 valence electrons. The first kappa shape index (κ1) is 9.71. The minimum absolute atomic E-state index is 0.0951. The van der Waals surface area contributed by atoms with Gasteiger partial charge in [-0.2, -0.15) is 0 Å². The lowest BCUT2D eigenvalue weighted by Gasteiger charge is -2.39. The molecule has 0 bridgehead atoms. The van der Waals surface area contributed by atoms with Crippen LogP contribution in [0.15, 0.2) is 12.7 Å². The molecule has 2 atom stereocenters. The number of hydrogen-bond donors (Lipinski definition) is 1. The Morgan fingerprint density at radius 1 is 1.50 bits per heavy atom. The summed E-state index contributed by atoms with van der Waals surface area (Å²) >= 11 is 0. The molecule has 2 N–H and O–H groups in total. The van der Waals surface area contributed by atoms with E-state index in [4.69, 9.17) is 5.73 Å². The van der Waals surface area contributed by atoms with E-state index in [2.05, 4.69) is 30.5 Å². The third kappa shape index (κ3) is 2.06. The van der Waals surface area contributed by atoms with Gasteiger partial charge in [-0.1, -0.05) is 6.08 Å². The van der Waals surface area contributed by atoms with Gasteiger partial charge in [0.1, 0.15) is 0 Å². The topological polar surface area (TPSA) is 32.5 Å². The Bertz CT molecular complexity index is 158. The molecule has 12 heavy (non-hydrogen) atoms. The van der Waals surface area contributed by atoms with Gasteiger partial charge in [-0.15, -0.1) is 6.58 Å². The number of piperazine rings is 1. The van der Waals surface area contributed by atoms with Gasteiger partial charge < -0.3 is 10.6 Å². The first-order valence-corrected chi connectivity index (χ1v) is 4.42. The van der Waals surface area contributed by atoms with Gasteiger partial charge in [-0.25, -0.2) is 0 Å². The molecule has 0 aliphatic carbocycles. The van der Waals surface area contributed by atoms with E-state index in [1.165, 1.54) is 0 Å². The van der Waals surface area contributed by atoms with Gasteiger partial charge in [-0.05, 0) is 14.1 Å². The van der Waals surface area contributed by atoms with Crippen LogP contribution in [0.5, 0.6) is 0 Å². The fraction of sp³-hybridized carbons (Fsp3) is 0.778. The summed E-state index contributed by atoms with van der Waals surface area (Å²) in [5.41, 5.74) is 5.91. The minimum atomic E-state index is 0.0951. The predicted molar refractivity (Wildman–Crippen MR) is 52.1 cm³/mol. The molecule has 1 aliphatic heterocycles. The number of nitrogens with two attached hydrogens (primary N) is 1. The van der Waals surface area contributed by atoms with Crippen molar-refractivity contribution < 1.29 is 0 Å². The first-order valence-electron chi connectivity index (χ1n) is 4.42. The normalized spacial score (nSPS) is 30.1. The summed E-state index contributed by atoms with van der Waals surface area (Å²) in [5.74, 6) is 0. The predicted octanol–water partition coefficient (Wildman–Crippen LogP) is -0.254. The van der Waals surface area contributed by atoms with Gasteiger partial charge in [0, 0.05) is 31.7 Å². The van der Waals surface area contributed by atoms with Crippen molar-refractivity contribution >= 4 is 0 Å². The maximum atomic E-state index is 5.91. The largest absolute Gasteiger partial charge is 0.323 e. The molecule has 3 heteroatoms. The van der Waals surface area contributed by atoms with Crippen LogP contribution in [0.3, 0.4) is 0 Å². The molecule has 0 spiro atoms. The van der Waals surface area contributed by atoms with Crippen molar-refractivity contribution in [1.29, 1.82) is 0 Å². The van der Waals surface area contributed by atoms with Gasteiger partial charge in [0.2, 0.25) is 0 Å². The van der Waals surface area contributed by atoms with Gasteiger partial charge in [0.25, 0.3) is 0 Å². The highest BCUT2D eigenvalue weighted by Crippen LogP contribution is 2.08. The molecule has 0 radical (unpaired) electrons. The van der Waals surface area contributed by atoms with Crippen molar-refractivity contribution in [3.05, 3.63) is 12.7 Å². The van der Waals surface area contributed by atoms with Crippen LogP contribution in [-0.4, -0.2) is 55.6 Å². The summed E-state index contributed by atoms with van der Waals surface area (Å²) in [5, 5.41) is 0. The van der Waals surface area contributed by atoms with Crippen LogP contribution in [0, 0.1) is 0 Å². The van der Waals surface area contributed by atoms with Crippen LogP contribution in [-0.2, 0) is 0 Å². The van der Waals surface area contributed by atoms with Crippen LogP contribution in [0.25, 0.3) is 0 Å². The average molecular weight is 169 g/mol. The number of likely N-dealkylation sites (N-methyl/N-ethyl adjacent to an activating group) is 2. The Balaban J connectivity index is 2.53. The Hall–Kier alpha value is -0.380. The van der Waals surface area contributed by atoms with E-state index >= 15 is 0 Å². The van der Waals surface area contributed by atoms with Gasteiger partial charge in [-0.3, -0.25) is 4.90 Å². The van der Waals surface area contributed by atoms with E-state index in [0.717, 1.165) is 19.6 Å². The van der Waals surface area contributed by atoms with Gasteiger partial charge >= 0.3 is 0 Å². The molecular weight excluding hydrogens is 150 g/mol. The van der Waals surface area contributed by atoms with Crippen molar-refractivity contribution in [1.82, 2.24) is 9.80 Å². The third-order valence-corrected chi connectivity index (χ3v) is 2.62. The summed E-state index contributed by atoms with van der Waals surface area (Å²) in [4.78, 5) is 4.63. The quantitative estimate of drug-likeness (QED) is 0.578. The lowest BCUT2D eigenvalue weighted by molar-refractivity contribution is 0.107. The number of rotatable bonds is 2. The molecule has 0 saturated carbocycles. The van der Waals surface area contributed by atoms with Crippen LogP contribution >= 0.6 is 0 Å². The summed E-state index contributed by atoms with van der Waals surface area (Å²) in [6.45, 7) is 7.01. The zero-order valence-electron chi connectivity index (χ0n) is 8.03. The Labute approximate surface area is 74.8 Å². The molecule has 0 aromatic heterocycles. The van der Waals surface area contributed by atoms with Crippen molar-refractivity contribution in [3.63, 3.8) is 0 Å². The van der Waals surface area contributed by atoms with E-state index in [-0.39, 0.29) is 6.04 Å². The maximum Gasteiger partial charge on any atom is 0.0407 e. The number of nitrogens with zero attached hydrogens (tertiary/aromatic N) is 2. The first-order chi connectivity index (χ1) is 5.65. The van der Waals surface area contributed by atoms with Crippen molar-refractivity contribution in [2.45, 2.75) is 12.1 Å². The van der Waals surface area contributed by atoms with Crippen LogP contribution in [0.1, 0.15) is 0 Å². The van der Waals surface area contributed by atoms with Gasteiger partial charge in [0.05, 0.1) is 0 Å². The van der Waals surface area contributed by atoms with Gasteiger partial charge in [0.15, 0.2) is 0 Å². The fourth-order valence-corrected chi connectivity index (χ4v) is 1.62. The smallest absolute Gasteiger partial charge is 0.0407 e. The van der Waals surface area contributed by atoms with Crippen LogP contribution in [0.2, 0.25) is 0 Å². The third-order valence-electron chi connectivity index (χ3n) is 2.62. The fourth-order valence-electron chi connectivity index (χ4n) is 1.62. The highest BCUT2D eigenvalue weighted by atomic mass is 15.3.